The first-order valence-corrected chi connectivity index (χ1v) is 11.0. The molecule has 5 nitrogen and oxygen atoms in total. The van der Waals surface area contributed by atoms with Crippen molar-refractivity contribution in [2.75, 3.05) is 44.3 Å². The van der Waals surface area contributed by atoms with Gasteiger partial charge in [0.05, 0.1) is 23.8 Å². The maximum Gasteiger partial charge on any atom is 0.417 e. The van der Waals surface area contributed by atoms with Gasteiger partial charge in [0.2, 0.25) is 5.91 Å². The zero-order valence-corrected chi connectivity index (χ0v) is 17.7. The van der Waals surface area contributed by atoms with Gasteiger partial charge in [-0.1, -0.05) is 6.42 Å². The van der Waals surface area contributed by atoms with Gasteiger partial charge in [0.15, 0.2) is 0 Å². The molecule has 4 rings (SSSR count). The van der Waals surface area contributed by atoms with Gasteiger partial charge in [-0.25, -0.2) is 0 Å². The van der Waals surface area contributed by atoms with E-state index >= 15 is 0 Å². The number of hydrogen-bond acceptors (Lipinski definition) is 4. The number of carbonyl (C=O) groups is 1. The number of likely N-dealkylation sites (tertiary alicyclic amines) is 1. The van der Waals surface area contributed by atoms with Crippen molar-refractivity contribution in [1.29, 1.82) is 5.26 Å². The van der Waals surface area contributed by atoms with Crippen LogP contribution in [0.1, 0.15) is 43.7 Å². The van der Waals surface area contributed by atoms with Crippen molar-refractivity contribution in [3.63, 3.8) is 0 Å². The molecule has 1 aliphatic carbocycles. The molecule has 0 spiro atoms. The predicted octanol–water partition coefficient (Wildman–Crippen LogP) is 4.07. The number of nitriles is 1. The van der Waals surface area contributed by atoms with Crippen LogP contribution in [0.4, 0.5) is 18.9 Å². The van der Waals surface area contributed by atoms with E-state index < -0.39 is 11.7 Å². The Morgan fingerprint density at radius 1 is 1.32 bits per heavy atom. The number of ether oxygens (including phenoxy) is 1. The number of halogens is 3. The van der Waals surface area contributed by atoms with E-state index in [2.05, 4.69) is 0 Å². The fraction of sp³-hybridized carbons (Fsp3) is 0.652. The number of piperidine rings is 1. The van der Waals surface area contributed by atoms with E-state index in [-0.39, 0.29) is 28.7 Å². The molecule has 1 aromatic rings. The molecule has 1 aromatic carbocycles. The van der Waals surface area contributed by atoms with Crippen molar-refractivity contribution in [2.45, 2.75) is 38.8 Å². The number of anilines is 1. The monoisotopic (exact) mass is 435 g/mol. The SMILES string of the molecule is CCOCC12CCN(c3ccc(C#N)c(C(F)(F)F)c3)CC1CN(C(=O)C1CCC1)C2. The summed E-state index contributed by atoms with van der Waals surface area (Å²) < 4.78 is 46.1. The Bertz CT molecular complexity index is 878. The zero-order chi connectivity index (χ0) is 22.2. The third kappa shape index (κ3) is 4.12. The van der Waals surface area contributed by atoms with Crippen LogP contribution >= 0.6 is 0 Å². The number of hydrogen-bond donors (Lipinski definition) is 0. The number of fused-ring (bicyclic) bond motifs is 1. The van der Waals surface area contributed by atoms with Crippen molar-refractivity contribution >= 4 is 11.6 Å². The van der Waals surface area contributed by atoms with Gasteiger partial charge < -0.3 is 14.5 Å². The molecule has 168 valence electrons. The van der Waals surface area contributed by atoms with Crippen LogP contribution in [0.5, 0.6) is 0 Å². The molecule has 2 saturated heterocycles. The number of nitrogens with zero attached hydrogens (tertiary/aromatic N) is 3. The van der Waals surface area contributed by atoms with Crippen LogP contribution in [0.25, 0.3) is 0 Å². The largest absolute Gasteiger partial charge is 0.417 e. The molecule has 2 unspecified atom stereocenters. The highest BCUT2D eigenvalue weighted by Gasteiger charge is 2.51. The summed E-state index contributed by atoms with van der Waals surface area (Å²) in [4.78, 5) is 16.8. The van der Waals surface area contributed by atoms with E-state index in [9.17, 15) is 18.0 Å². The molecule has 0 aromatic heterocycles. The molecule has 1 saturated carbocycles. The molecular weight excluding hydrogens is 407 g/mol. The maximum atomic E-state index is 13.4. The quantitative estimate of drug-likeness (QED) is 0.700. The summed E-state index contributed by atoms with van der Waals surface area (Å²) in [6.07, 6.45) is -0.805. The standard InChI is InChI=1S/C23H28F3N3O2/c1-2-31-15-22-8-9-28(19-7-6-17(11-27)20(10-19)23(24,25)26)12-18(22)13-29(14-22)21(30)16-4-3-5-16/h6-7,10,16,18H,2-5,8-9,12-15H2,1H3. The Morgan fingerprint density at radius 2 is 2.10 bits per heavy atom. The summed E-state index contributed by atoms with van der Waals surface area (Å²) in [7, 11) is 0. The minimum atomic E-state index is -4.57. The molecule has 31 heavy (non-hydrogen) atoms. The molecule has 2 aliphatic heterocycles. The average molecular weight is 435 g/mol. The summed E-state index contributed by atoms with van der Waals surface area (Å²) in [5, 5.41) is 9.06. The van der Waals surface area contributed by atoms with Gasteiger partial charge in [-0.3, -0.25) is 4.79 Å². The van der Waals surface area contributed by atoms with Gasteiger partial charge in [0.25, 0.3) is 0 Å². The first kappa shape index (κ1) is 21.9. The Hall–Kier alpha value is -2.27. The third-order valence-corrected chi connectivity index (χ3v) is 7.29. The first-order valence-electron chi connectivity index (χ1n) is 11.0. The van der Waals surface area contributed by atoms with Crippen molar-refractivity contribution in [3.8, 4) is 6.07 Å². The number of amides is 1. The van der Waals surface area contributed by atoms with Crippen LogP contribution in [0.3, 0.4) is 0 Å². The molecule has 0 bridgehead atoms. The van der Waals surface area contributed by atoms with Crippen molar-refractivity contribution in [1.82, 2.24) is 4.90 Å². The molecule has 0 radical (unpaired) electrons. The Morgan fingerprint density at radius 3 is 2.71 bits per heavy atom. The smallest absolute Gasteiger partial charge is 0.381 e. The topological polar surface area (TPSA) is 56.6 Å². The van der Waals surface area contributed by atoms with E-state index in [0.717, 1.165) is 31.7 Å². The maximum absolute atomic E-state index is 13.4. The molecule has 3 fully saturated rings. The normalized spacial score (nSPS) is 26.4. The number of benzene rings is 1. The van der Waals surface area contributed by atoms with Crippen LogP contribution < -0.4 is 4.90 Å². The van der Waals surface area contributed by atoms with E-state index in [4.69, 9.17) is 10.00 Å². The molecule has 1 amide bonds. The second kappa shape index (κ2) is 8.34. The van der Waals surface area contributed by atoms with Gasteiger partial charge >= 0.3 is 6.18 Å². The minimum Gasteiger partial charge on any atom is -0.381 e. The number of rotatable bonds is 5. The molecule has 0 N–H and O–H groups in total. The lowest BCUT2D eigenvalue weighted by Crippen LogP contribution is -2.49. The molecule has 2 atom stereocenters. The Labute approximate surface area is 180 Å². The Kier molecular flexibility index (Phi) is 5.91. The van der Waals surface area contributed by atoms with Crippen molar-refractivity contribution in [2.24, 2.45) is 17.3 Å². The Balaban J connectivity index is 1.56. The highest BCUT2D eigenvalue weighted by atomic mass is 19.4. The van der Waals surface area contributed by atoms with Gasteiger partial charge in [-0.05, 0) is 44.4 Å². The number of alkyl halides is 3. The fourth-order valence-corrected chi connectivity index (χ4v) is 5.20. The van der Waals surface area contributed by atoms with Crippen molar-refractivity contribution in [3.05, 3.63) is 29.3 Å². The lowest BCUT2D eigenvalue weighted by Gasteiger charge is -2.44. The number of carbonyl (C=O) groups excluding carboxylic acids is 1. The highest BCUT2D eigenvalue weighted by Crippen LogP contribution is 2.46. The van der Waals surface area contributed by atoms with Gasteiger partial charge in [-0.15, -0.1) is 0 Å². The predicted molar refractivity (Wildman–Crippen MR) is 109 cm³/mol. The molecule has 3 aliphatic rings. The molecular formula is C23H28F3N3O2. The molecule has 2 heterocycles. The van der Waals surface area contributed by atoms with Gasteiger partial charge in [0.1, 0.15) is 0 Å². The van der Waals surface area contributed by atoms with Gasteiger partial charge in [0, 0.05) is 55.7 Å². The van der Waals surface area contributed by atoms with E-state index in [1.165, 1.54) is 6.07 Å². The zero-order valence-electron chi connectivity index (χ0n) is 17.7. The van der Waals surface area contributed by atoms with E-state index in [1.54, 1.807) is 12.1 Å². The second-order valence-corrected chi connectivity index (χ2v) is 9.08. The van der Waals surface area contributed by atoms with Crippen LogP contribution in [-0.4, -0.2) is 50.2 Å². The lowest BCUT2D eigenvalue weighted by molar-refractivity contribution is -0.138. The fourth-order valence-electron chi connectivity index (χ4n) is 5.20. The highest BCUT2D eigenvalue weighted by molar-refractivity contribution is 5.80. The van der Waals surface area contributed by atoms with Gasteiger partial charge in [-0.2, -0.15) is 18.4 Å². The summed E-state index contributed by atoms with van der Waals surface area (Å²) in [5.74, 6) is 0.496. The first-order chi connectivity index (χ1) is 14.8. The van der Waals surface area contributed by atoms with Crippen LogP contribution in [0, 0.1) is 28.6 Å². The van der Waals surface area contributed by atoms with Crippen LogP contribution in [0.2, 0.25) is 0 Å². The average Bonchev–Trinajstić information content (AvgIpc) is 3.09. The third-order valence-electron chi connectivity index (χ3n) is 7.29. The minimum absolute atomic E-state index is 0.133. The summed E-state index contributed by atoms with van der Waals surface area (Å²) in [5.41, 5.74) is -0.935. The van der Waals surface area contributed by atoms with Crippen LogP contribution in [0.15, 0.2) is 18.2 Å². The lowest BCUT2D eigenvalue weighted by atomic mass is 9.73. The summed E-state index contributed by atoms with van der Waals surface area (Å²) in [6, 6.07) is 5.57. The second-order valence-electron chi connectivity index (χ2n) is 9.08. The summed E-state index contributed by atoms with van der Waals surface area (Å²) >= 11 is 0. The van der Waals surface area contributed by atoms with E-state index in [1.807, 2.05) is 16.7 Å². The van der Waals surface area contributed by atoms with Crippen LogP contribution in [-0.2, 0) is 15.7 Å². The van der Waals surface area contributed by atoms with Crippen molar-refractivity contribution < 1.29 is 22.7 Å². The van der Waals surface area contributed by atoms with E-state index in [0.29, 0.717) is 45.1 Å². The molecule has 8 heteroatoms. The summed E-state index contributed by atoms with van der Waals surface area (Å²) in [6.45, 7) is 5.58.